The Labute approximate surface area is 245 Å². The molecule has 41 heavy (non-hydrogen) atoms. The van der Waals surface area contributed by atoms with Crippen molar-refractivity contribution in [2.75, 3.05) is 24.0 Å². The summed E-state index contributed by atoms with van der Waals surface area (Å²) in [4.78, 5) is 33.1. The second kappa shape index (κ2) is 15.2. The van der Waals surface area contributed by atoms with E-state index in [0.717, 1.165) is 40.9 Å². The zero-order valence-corrected chi connectivity index (χ0v) is 24.0. The van der Waals surface area contributed by atoms with Crippen LogP contribution in [0.15, 0.2) is 83.6 Å². The van der Waals surface area contributed by atoms with Crippen LogP contribution < -0.4 is 16.1 Å². The van der Waals surface area contributed by atoms with E-state index in [0.29, 0.717) is 41.3 Å². The quantitative estimate of drug-likeness (QED) is 0.104. The second-order valence-corrected chi connectivity index (χ2v) is 9.39. The van der Waals surface area contributed by atoms with Crippen LogP contribution in [0.3, 0.4) is 0 Å². The molecule has 9 heteroatoms. The van der Waals surface area contributed by atoms with Crippen LogP contribution in [0.1, 0.15) is 47.3 Å². The van der Waals surface area contributed by atoms with Crippen molar-refractivity contribution in [3.05, 3.63) is 106 Å². The fourth-order valence-electron chi connectivity index (χ4n) is 4.05. The molecule has 4 rings (SSSR count). The average Bonchev–Trinajstić information content (AvgIpc) is 2.99. The zero-order valence-electron chi connectivity index (χ0n) is 23.3. The largest absolute Gasteiger partial charge is 0.463 e. The Morgan fingerprint density at radius 2 is 1.83 bits per heavy atom. The van der Waals surface area contributed by atoms with Gasteiger partial charge in [-0.05, 0) is 74.2 Å². The molecule has 0 spiro atoms. The van der Waals surface area contributed by atoms with E-state index in [4.69, 9.17) is 22.1 Å². The minimum absolute atomic E-state index is 0.327. The van der Waals surface area contributed by atoms with Crippen molar-refractivity contribution in [1.29, 1.82) is 0 Å². The third-order valence-corrected chi connectivity index (χ3v) is 6.47. The highest BCUT2D eigenvalue weighted by Gasteiger charge is 2.24. The van der Waals surface area contributed by atoms with Gasteiger partial charge in [-0.2, -0.15) is 5.10 Å². The standard InChI is InChI=1S/C25H28N4O3.C7H5ClO/c1-4-32-24(31)14-7-18-5-11-21(12-6-18)29(28-17(2)16-30)25-22-15-20(27-3)10-8-19(22)9-13-23(25)26;8-7-4-2-1-3-6(7)5-9/h5-8,10-12,14-16,27H,4,9,13,26H2,1-3H3;1-5H/b14-7+,28-17+;. The average molecular weight is 573 g/mol. The lowest BCUT2D eigenvalue weighted by Crippen LogP contribution is -2.25. The van der Waals surface area contributed by atoms with Gasteiger partial charge < -0.3 is 15.8 Å². The molecular weight excluding hydrogens is 540 g/mol. The first kappa shape index (κ1) is 30.8. The van der Waals surface area contributed by atoms with Crippen molar-refractivity contribution in [3.63, 3.8) is 0 Å². The third kappa shape index (κ3) is 8.40. The monoisotopic (exact) mass is 572 g/mol. The predicted molar refractivity (Wildman–Crippen MR) is 166 cm³/mol. The molecule has 1 aliphatic rings. The number of carbonyl (C=O) groups is 3. The maximum Gasteiger partial charge on any atom is 0.330 e. The third-order valence-electron chi connectivity index (χ3n) is 6.13. The number of hydrogen-bond donors (Lipinski definition) is 2. The number of fused-ring (bicyclic) bond motifs is 1. The van der Waals surface area contributed by atoms with Crippen LogP contribution in [0, 0.1) is 0 Å². The van der Waals surface area contributed by atoms with Crippen molar-refractivity contribution in [3.8, 4) is 0 Å². The van der Waals surface area contributed by atoms with Crippen LogP contribution in [0.4, 0.5) is 11.4 Å². The van der Waals surface area contributed by atoms with Gasteiger partial charge in [0.1, 0.15) is 0 Å². The fourth-order valence-corrected chi connectivity index (χ4v) is 4.23. The number of carbonyl (C=O) groups excluding carboxylic acids is 3. The summed E-state index contributed by atoms with van der Waals surface area (Å²) >= 11 is 5.59. The summed E-state index contributed by atoms with van der Waals surface area (Å²) in [6.45, 7) is 3.75. The van der Waals surface area contributed by atoms with E-state index >= 15 is 0 Å². The number of nitrogens with two attached hydrogens (primary N) is 1. The summed E-state index contributed by atoms with van der Waals surface area (Å²) < 4.78 is 4.92. The van der Waals surface area contributed by atoms with Crippen molar-refractivity contribution in [1.82, 2.24) is 0 Å². The van der Waals surface area contributed by atoms with Crippen LogP contribution in [0.25, 0.3) is 11.8 Å². The fraction of sp³-hybridized carbons (Fsp3) is 0.188. The predicted octanol–water partition coefficient (Wildman–Crippen LogP) is 6.11. The number of halogens is 1. The highest BCUT2D eigenvalue weighted by atomic mass is 35.5. The Hall–Kier alpha value is -4.69. The number of rotatable bonds is 9. The molecule has 3 aromatic carbocycles. The lowest BCUT2D eigenvalue weighted by atomic mass is 9.91. The minimum Gasteiger partial charge on any atom is -0.463 e. The number of aryl methyl sites for hydroxylation is 1. The van der Waals surface area contributed by atoms with E-state index in [-0.39, 0.29) is 5.97 Å². The molecule has 0 saturated carbocycles. The Morgan fingerprint density at radius 3 is 2.44 bits per heavy atom. The zero-order chi connectivity index (χ0) is 29.8. The molecule has 0 aromatic heterocycles. The number of esters is 1. The van der Waals surface area contributed by atoms with Crippen molar-refractivity contribution in [2.24, 2.45) is 10.8 Å². The van der Waals surface area contributed by atoms with Crippen molar-refractivity contribution in [2.45, 2.75) is 26.7 Å². The maximum absolute atomic E-state index is 11.6. The van der Waals surface area contributed by atoms with Crippen LogP contribution in [-0.4, -0.2) is 37.9 Å². The Kier molecular flexibility index (Phi) is 11.4. The first-order valence-electron chi connectivity index (χ1n) is 13.1. The Morgan fingerprint density at radius 1 is 1.10 bits per heavy atom. The van der Waals surface area contributed by atoms with Gasteiger partial charge in [0, 0.05) is 35.6 Å². The molecule has 1 aliphatic carbocycles. The van der Waals surface area contributed by atoms with E-state index in [9.17, 15) is 14.4 Å². The van der Waals surface area contributed by atoms with E-state index in [2.05, 4.69) is 16.5 Å². The first-order valence-corrected chi connectivity index (χ1v) is 13.4. The van der Waals surface area contributed by atoms with Gasteiger partial charge in [-0.3, -0.25) is 9.59 Å². The number of hydrazone groups is 1. The minimum atomic E-state index is -0.388. The number of ether oxygens (including phenoxy) is 1. The molecule has 0 amide bonds. The molecule has 0 unspecified atom stereocenters. The van der Waals surface area contributed by atoms with Gasteiger partial charge in [-0.1, -0.05) is 48.0 Å². The summed E-state index contributed by atoms with van der Waals surface area (Å²) in [5, 5.41) is 9.94. The van der Waals surface area contributed by atoms with Crippen molar-refractivity contribution < 1.29 is 19.1 Å². The molecule has 8 nitrogen and oxygen atoms in total. The second-order valence-electron chi connectivity index (χ2n) is 8.98. The Bertz CT molecular complexity index is 1480. The van der Waals surface area contributed by atoms with E-state index in [1.54, 1.807) is 49.2 Å². The highest BCUT2D eigenvalue weighted by molar-refractivity contribution is 6.32. The molecule has 212 valence electrons. The number of nitrogens with one attached hydrogen (secondary N) is 1. The number of benzene rings is 3. The number of hydrogen-bond acceptors (Lipinski definition) is 8. The summed E-state index contributed by atoms with van der Waals surface area (Å²) in [5.41, 5.74) is 13.5. The van der Waals surface area contributed by atoms with Crippen LogP contribution >= 0.6 is 11.6 Å². The summed E-state index contributed by atoms with van der Waals surface area (Å²) in [6.07, 6.45) is 6.08. The van der Waals surface area contributed by atoms with E-state index in [1.807, 2.05) is 43.4 Å². The summed E-state index contributed by atoms with van der Waals surface area (Å²) in [7, 11) is 1.87. The van der Waals surface area contributed by atoms with Crippen LogP contribution in [0.2, 0.25) is 5.02 Å². The van der Waals surface area contributed by atoms with Gasteiger partial charge in [0.05, 0.1) is 28.7 Å². The topological polar surface area (TPSA) is 114 Å². The molecule has 0 atom stereocenters. The molecule has 0 heterocycles. The van der Waals surface area contributed by atoms with Gasteiger partial charge in [0.15, 0.2) is 12.6 Å². The number of allylic oxidation sites excluding steroid dienone is 1. The maximum atomic E-state index is 11.6. The molecule has 0 saturated heterocycles. The first-order chi connectivity index (χ1) is 19.8. The molecule has 0 radical (unpaired) electrons. The molecule has 0 fully saturated rings. The van der Waals surface area contributed by atoms with E-state index in [1.165, 1.54) is 11.6 Å². The lowest BCUT2D eigenvalue weighted by Gasteiger charge is -2.30. The normalized spacial score (nSPS) is 12.6. The van der Waals surface area contributed by atoms with Gasteiger partial charge >= 0.3 is 5.97 Å². The molecule has 0 aliphatic heterocycles. The lowest BCUT2D eigenvalue weighted by molar-refractivity contribution is -0.137. The van der Waals surface area contributed by atoms with Gasteiger partial charge in [-0.25, -0.2) is 9.80 Å². The number of nitrogens with zero attached hydrogens (tertiary/aromatic N) is 2. The van der Waals surface area contributed by atoms with Gasteiger partial charge in [0.2, 0.25) is 0 Å². The summed E-state index contributed by atoms with van der Waals surface area (Å²) in [6, 6.07) is 20.6. The highest BCUT2D eigenvalue weighted by Crippen LogP contribution is 2.36. The molecule has 3 N–H and O–H groups in total. The number of anilines is 2. The van der Waals surface area contributed by atoms with Crippen LogP contribution in [0.5, 0.6) is 0 Å². The SMILES string of the molecule is CCOC(=O)/C=C/c1ccc(N(/N=C(\C)C=O)C2=C(N)CCc3ccc(NC)cc32)cc1.O=Cc1ccccc1Cl. The summed E-state index contributed by atoms with van der Waals surface area (Å²) in [5.74, 6) is -0.388. The van der Waals surface area contributed by atoms with Gasteiger partial charge in [0.25, 0.3) is 0 Å². The van der Waals surface area contributed by atoms with Crippen molar-refractivity contribution >= 4 is 59.0 Å². The smallest absolute Gasteiger partial charge is 0.330 e. The Balaban J connectivity index is 0.000000436. The van der Waals surface area contributed by atoms with Gasteiger partial charge in [-0.15, -0.1) is 0 Å². The molecule has 0 bridgehead atoms. The van der Waals surface area contributed by atoms with E-state index < -0.39 is 0 Å². The molecular formula is C32H33ClN4O4. The number of aldehydes is 2. The van der Waals surface area contributed by atoms with Crippen LogP contribution in [-0.2, 0) is 20.7 Å². The molecule has 3 aromatic rings.